The van der Waals surface area contributed by atoms with E-state index in [-0.39, 0.29) is 11.5 Å². The lowest BCUT2D eigenvalue weighted by atomic mass is 10.2. The van der Waals surface area contributed by atoms with Gasteiger partial charge in [0.25, 0.3) is 0 Å². The molecule has 1 rings (SSSR count). The third-order valence-electron chi connectivity index (χ3n) is 2.06. The fourth-order valence-electron chi connectivity index (χ4n) is 1.32. The van der Waals surface area contributed by atoms with Crippen LogP contribution >= 0.6 is 15.9 Å². The van der Waals surface area contributed by atoms with Gasteiger partial charge in [-0.15, -0.1) is 0 Å². The molecule has 0 atom stereocenters. The van der Waals surface area contributed by atoms with Crippen molar-refractivity contribution < 1.29 is 17.9 Å². The van der Waals surface area contributed by atoms with E-state index in [4.69, 9.17) is 4.74 Å². The molecule has 0 saturated carbocycles. The Balaban J connectivity index is 3.14. The Morgan fingerprint density at radius 2 is 2.11 bits per heavy atom. The second kappa shape index (κ2) is 6.15. The highest BCUT2D eigenvalue weighted by Gasteiger charge is 2.12. The van der Waals surface area contributed by atoms with E-state index in [1.54, 1.807) is 19.1 Å². The van der Waals surface area contributed by atoms with Gasteiger partial charge in [0.15, 0.2) is 9.84 Å². The second-order valence-electron chi connectivity index (χ2n) is 3.54. The smallest absolute Gasteiger partial charge is 0.330 e. The van der Waals surface area contributed by atoms with Gasteiger partial charge in [0.2, 0.25) is 0 Å². The highest BCUT2D eigenvalue weighted by atomic mass is 79.9. The fourth-order valence-corrected chi connectivity index (χ4v) is 2.73. The van der Waals surface area contributed by atoms with E-state index < -0.39 is 15.8 Å². The van der Waals surface area contributed by atoms with Gasteiger partial charge >= 0.3 is 5.97 Å². The number of carbonyl (C=O) groups is 1. The maximum Gasteiger partial charge on any atom is 0.330 e. The first-order valence-electron chi connectivity index (χ1n) is 5.19. The Bertz CT molecular complexity index is 576. The zero-order valence-electron chi connectivity index (χ0n) is 10.0. The van der Waals surface area contributed by atoms with E-state index in [1.807, 2.05) is 0 Å². The van der Waals surface area contributed by atoms with Crippen molar-refractivity contribution in [1.29, 1.82) is 0 Å². The first-order chi connectivity index (χ1) is 8.34. The zero-order chi connectivity index (χ0) is 13.8. The minimum absolute atomic E-state index is 0.164. The van der Waals surface area contributed by atoms with Crippen molar-refractivity contribution in [1.82, 2.24) is 0 Å². The molecule has 0 aromatic heterocycles. The van der Waals surface area contributed by atoms with Gasteiger partial charge in [-0.05, 0) is 30.7 Å². The molecule has 4 nitrogen and oxygen atoms in total. The normalized spacial score (nSPS) is 11.7. The molecule has 0 saturated heterocycles. The van der Waals surface area contributed by atoms with Crippen LogP contribution in [-0.4, -0.2) is 27.2 Å². The largest absolute Gasteiger partial charge is 0.463 e. The maximum atomic E-state index is 11.6. The van der Waals surface area contributed by atoms with Gasteiger partial charge in [-0.2, -0.15) is 0 Å². The van der Waals surface area contributed by atoms with Gasteiger partial charge < -0.3 is 4.74 Å². The number of hydrogen-bond donors (Lipinski definition) is 0. The summed E-state index contributed by atoms with van der Waals surface area (Å²) >= 11 is 3.21. The van der Waals surface area contributed by atoms with Crippen LogP contribution in [-0.2, 0) is 19.4 Å². The van der Waals surface area contributed by atoms with Crippen LogP contribution in [0.15, 0.2) is 33.6 Å². The Labute approximate surface area is 115 Å². The maximum absolute atomic E-state index is 11.6. The topological polar surface area (TPSA) is 60.4 Å². The lowest BCUT2D eigenvalue weighted by Crippen LogP contribution is -2.01. The van der Waals surface area contributed by atoms with Crippen LogP contribution in [0.2, 0.25) is 0 Å². The molecule has 0 spiro atoms. The molecule has 0 aliphatic heterocycles. The fraction of sp³-hybridized carbons (Fsp3) is 0.250. The Hall–Kier alpha value is -1.14. The number of benzene rings is 1. The van der Waals surface area contributed by atoms with Crippen molar-refractivity contribution in [3.05, 3.63) is 34.3 Å². The van der Waals surface area contributed by atoms with Gasteiger partial charge in [-0.3, -0.25) is 0 Å². The Kier molecular flexibility index (Phi) is 5.10. The number of sulfone groups is 1. The number of ether oxygens (including phenoxy) is 1. The molecule has 6 heteroatoms. The van der Waals surface area contributed by atoms with Crippen LogP contribution in [0.25, 0.3) is 6.08 Å². The monoisotopic (exact) mass is 332 g/mol. The second-order valence-corrected chi connectivity index (χ2v) is 6.44. The molecule has 0 bridgehead atoms. The summed E-state index contributed by atoms with van der Waals surface area (Å²) in [6, 6.07) is 4.83. The van der Waals surface area contributed by atoms with Gasteiger partial charge in [-0.25, -0.2) is 13.2 Å². The number of halogens is 1. The van der Waals surface area contributed by atoms with E-state index in [1.165, 1.54) is 18.2 Å². The van der Waals surface area contributed by atoms with E-state index in [9.17, 15) is 13.2 Å². The van der Waals surface area contributed by atoms with E-state index in [2.05, 4.69) is 15.9 Å². The minimum Gasteiger partial charge on any atom is -0.463 e. The van der Waals surface area contributed by atoms with Crippen molar-refractivity contribution in [3.63, 3.8) is 0 Å². The van der Waals surface area contributed by atoms with Crippen molar-refractivity contribution >= 4 is 37.8 Å². The summed E-state index contributed by atoms with van der Waals surface area (Å²) in [6.45, 7) is 1.98. The molecule has 98 valence electrons. The molecule has 0 fully saturated rings. The Morgan fingerprint density at radius 3 is 2.67 bits per heavy atom. The molecule has 0 N–H and O–H groups in total. The van der Waals surface area contributed by atoms with Crippen LogP contribution < -0.4 is 0 Å². The van der Waals surface area contributed by atoms with Gasteiger partial charge in [0.1, 0.15) is 0 Å². The molecule has 0 radical (unpaired) electrons. The molecular weight excluding hydrogens is 320 g/mol. The van der Waals surface area contributed by atoms with Gasteiger partial charge in [-0.1, -0.05) is 22.0 Å². The minimum atomic E-state index is -3.35. The Morgan fingerprint density at radius 1 is 1.44 bits per heavy atom. The van der Waals surface area contributed by atoms with Crippen LogP contribution in [0.4, 0.5) is 0 Å². The van der Waals surface area contributed by atoms with Crippen LogP contribution in [0.5, 0.6) is 0 Å². The predicted octanol–water partition coefficient (Wildman–Crippen LogP) is 2.43. The number of esters is 1. The standard InChI is InChI=1S/C12H13BrO4S/c1-3-17-12(14)7-5-9-4-6-10(13)8-11(9)18(2,15)16/h4-8H,3H2,1-2H3. The lowest BCUT2D eigenvalue weighted by Gasteiger charge is -2.04. The van der Waals surface area contributed by atoms with E-state index in [0.717, 1.165) is 6.26 Å². The molecule has 1 aromatic rings. The molecular formula is C12H13BrO4S. The van der Waals surface area contributed by atoms with Crippen LogP contribution in [0, 0.1) is 0 Å². The highest BCUT2D eigenvalue weighted by molar-refractivity contribution is 9.10. The van der Waals surface area contributed by atoms with Crippen molar-refractivity contribution in [2.45, 2.75) is 11.8 Å². The van der Waals surface area contributed by atoms with Crippen molar-refractivity contribution in [2.24, 2.45) is 0 Å². The van der Waals surface area contributed by atoms with E-state index >= 15 is 0 Å². The summed E-state index contributed by atoms with van der Waals surface area (Å²) in [7, 11) is -3.35. The summed E-state index contributed by atoms with van der Waals surface area (Å²) in [5.41, 5.74) is 0.453. The lowest BCUT2D eigenvalue weighted by molar-refractivity contribution is -0.137. The molecule has 1 aromatic carbocycles. The summed E-state index contributed by atoms with van der Waals surface area (Å²) in [4.78, 5) is 11.3. The van der Waals surface area contributed by atoms with Gasteiger partial charge in [0.05, 0.1) is 11.5 Å². The zero-order valence-corrected chi connectivity index (χ0v) is 12.4. The molecule has 18 heavy (non-hydrogen) atoms. The van der Waals surface area contributed by atoms with Crippen LogP contribution in [0.1, 0.15) is 12.5 Å². The highest BCUT2D eigenvalue weighted by Crippen LogP contribution is 2.22. The number of carbonyl (C=O) groups excluding carboxylic acids is 1. The van der Waals surface area contributed by atoms with Crippen molar-refractivity contribution in [2.75, 3.05) is 12.9 Å². The molecule has 0 aliphatic carbocycles. The molecule has 0 amide bonds. The average molecular weight is 333 g/mol. The first kappa shape index (κ1) is 14.9. The first-order valence-corrected chi connectivity index (χ1v) is 7.87. The van der Waals surface area contributed by atoms with Gasteiger partial charge in [0, 0.05) is 16.8 Å². The average Bonchev–Trinajstić information content (AvgIpc) is 2.26. The predicted molar refractivity (Wildman–Crippen MR) is 72.9 cm³/mol. The SMILES string of the molecule is CCOC(=O)C=Cc1ccc(Br)cc1S(C)(=O)=O. The molecule has 0 unspecified atom stereocenters. The number of hydrogen-bond acceptors (Lipinski definition) is 4. The number of rotatable bonds is 4. The summed E-state index contributed by atoms with van der Waals surface area (Å²) < 4.78 is 28.6. The van der Waals surface area contributed by atoms with Crippen molar-refractivity contribution in [3.8, 4) is 0 Å². The molecule has 0 aliphatic rings. The van der Waals surface area contributed by atoms with Crippen LogP contribution in [0.3, 0.4) is 0 Å². The summed E-state index contributed by atoms with van der Waals surface area (Å²) in [5.74, 6) is -0.500. The van der Waals surface area contributed by atoms with E-state index in [0.29, 0.717) is 10.0 Å². The third kappa shape index (κ3) is 4.27. The summed E-state index contributed by atoms with van der Waals surface area (Å²) in [6.07, 6.45) is 3.76. The quantitative estimate of drug-likeness (QED) is 0.627. The summed E-state index contributed by atoms with van der Waals surface area (Å²) in [5, 5.41) is 0. The molecule has 0 heterocycles. The third-order valence-corrected chi connectivity index (χ3v) is 3.71.